The standard InChI is InChI=1S/C23H25BrCl2N4O.HI/c1-15-21(23(31)28-30(2)12-4-3-5-13-30)27-29(20-11-10-18(25)14-19(20)26)22(15)16-6-8-17(24)9-7-16;/h6-11,14-15,22H,3-5,12-13H2,1-2H3;1H/t15-,22-;/m1./s1. The molecule has 2 aliphatic rings. The molecule has 1 amide bonds. The molecule has 5 nitrogen and oxygen atoms in total. The number of quaternary nitrogens is 1. The summed E-state index contributed by atoms with van der Waals surface area (Å²) in [5.41, 5.74) is 5.53. The number of amides is 1. The lowest BCUT2D eigenvalue weighted by molar-refractivity contribution is -0.947. The van der Waals surface area contributed by atoms with Crippen LogP contribution < -0.4 is 34.4 Å². The number of hydrazone groups is 1. The largest absolute Gasteiger partial charge is 1.00 e. The summed E-state index contributed by atoms with van der Waals surface area (Å²) >= 11 is 16.2. The molecule has 2 aliphatic heterocycles. The molecule has 1 fully saturated rings. The topological polar surface area (TPSA) is 44.7 Å². The summed E-state index contributed by atoms with van der Waals surface area (Å²) < 4.78 is 1.55. The Labute approximate surface area is 224 Å². The van der Waals surface area contributed by atoms with Gasteiger partial charge in [-0.2, -0.15) is 10.5 Å². The van der Waals surface area contributed by atoms with E-state index in [9.17, 15) is 4.79 Å². The van der Waals surface area contributed by atoms with Gasteiger partial charge in [0.15, 0.2) is 0 Å². The lowest BCUT2D eigenvalue weighted by Crippen LogP contribution is -3.00. The fraction of sp³-hybridized carbons (Fsp3) is 0.391. The van der Waals surface area contributed by atoms with Crippen molar-refractivity contribution in [2.45, 2.75) is 32.2 Å². The maximum absolute atomic E-state index is 13.3. The molecule has 1 N–H and O–H groups in total. The first-order chi connectivity index (χ1) is 14.8. The molecule has 0 unspecified atom stereocenters. The number of likely N-dealkylation sites (tertiary alicyclic amines) is 1. The minimum absolute atomic E-state index is 0. The van der Waals surface area contributed by atoms with Gasteiger partial charge >= 0.3 is 5.91 Å². The van der Waals surface area contributed by atoms with E-state index in [1.54, 1.807) is 12.1 Å². The van der Waals surface area contributed by atoms with Crippen molar-refractivity contribution in [3.05, 3.63) is 62.5 Å². The number of hydrogen-bond donors (Lipinski definition) is 1. The first-order valence-corrected chi connectivity index (χ1v) is 12.1. The second-order valence-electron chi connectivity index (χ2n) is 8.56. The van der Waals surface area contributed by atoms with Gasteiger partial charge in [0.2, 0.25) is 0 Å². The molecule has 2 aromatic rings. The van der Waals surface area contributed by atoms with Gasteiger partial charge in [-0.15, -0.1) is 0 Å². The zero-order valence-electron chi connectivity index (χ0n) is 18.0. The molecule has 2 heterocycles. The number of nitrogens with zero attached hydrogens (tertiary/aromatic N) is 3. The summed E-state index contributed by atoms with van der Waals surface area (Å²) in [5.74, 6) is -0.240. The Balaban J connectivity index is 0.00000289. The van der Waals surface area contributed by atoms with Crippen LogP contribution in [0.25, 0.3) is 0 Å². The van der Waals surface area contributed by atoms with Gasteiger partial charge in [0.1, 0.15) is 18.8 Å². The Kier molecular flexibility index (Phi) is 8.52. The van der Waals surface area contributed by atoms with Crippen LogP contribution in [0, 0.1) is 5.92 Å². The minimum Gasteiger partial charge on any atom is -1.00 e. The highest BCUT2D eigenvalue weighted by molar-refractivity contribution is 9.10. The molecule has 0 radical (unpaired) electrons. The van der Waals surface area contributed by atoms with E-state index in [1.165, 1.54) is 6.42 Å². The van der Waals surface area contributed by atoms with E-state index in [-0.39, 0.29) is 41.8 Å². The molecule has 0 bridgehead atoms. The molecule has 32 heavy (non-hydrogen) atoms. The molecular weight excluding hydrogens is 626 g/mol. The van der Waals surface area contributed by atoms with Crippen LogP contribution in [0.5, 0.6) is 0 Å². The smallest absolute Gasteiger partial charge is 0.312 e. The monoisotopic (exact) mass is 650 g/mol. The van der Waals surface area contributed by atoms with Crippen LogP contribution in [0.2, 0.25) is 10.0 Å². The van der Waals surface area contributed by atoms with E-state index in [0.29, 0.717) is 20.3 Å². The second-order valence-corrected chi connectivity index (χ2v) is 10.3. The van der Waals surface area contributed by atoms with E-state index in [0.717, 1.165) is 41.7 Å². The average molecular weight is 652 g/mol. The number of rotatable bonds is 4. The predicted molar refractivity (Wildman–Crippen MR) is 130 cm³/mol. The van der Waals surface area contributed by atoms with Gasteiger partial charge in [-0.3, -0.25) is 9.80 Å². The van der Waals surface area contributed by atoms with Crippen LogP contribution in [0.3, 0.4) is 0 Å². The maximum Gasteiger partial charge on any atom is 0.312 e. The van der Waals surface area contributed by atoms with Gasteiger partial charge in [-0.1, -0.05) is 58.2 Å². The summed E-state index contributed by atoms with van der Waals surface area (Å²) in [7, 11) is 2.08. The van der Waals surface area contributed by atoms with Gasteiger partial charge < -0.3 is 24.0 Å². The summed E-state index contributed by atoms with van der Waals surface area (Å²) in [6.45, 7) is 3.93. The SMILES string of the molecule is C[C@@H]1C(C(=O)N[N+]2(C)CCCCC2)=NN(c2ccc(Cl)cc2Cl)[C@H]1c1ccc(Br)cc1.[I-]. The van der Waals surface area contributed by atoms with E-state index in [1.807, 2.05) is 30.1 Å². The van der Waals surface area contributed by atoms with Crippen molar-refractivity contribution in [1.29, 1.82) is 0 Å². The van der Waals surface area contributed by atoms with Gasteiger partial charge in [0.05, 0.1) is 23.8 Å². The second kappa shape index (κ2) is 10.6. The van der Waals surface area contributed by atoms with Crippen molar-refractivity contribution < 1.29 is 33.4 Å². The summed E-state index contributed by atoms with van der Waals surface area (Å²) in [6, 6.07) is 13.3. The van der Waals surface area contributed by atoms with Crippen LogP contribution in [0.15, 0.2) is 52.0 Å². The molecule has 2 atom stereocenters. The first kappa shape index (κ1) is 25.7. The highest BCUT2D eigenvalue weighted by Crippen LogP contribution is 2.42. The number of carbonyl (C=O) groups is 1. The Morgan fingerprint density at radius 1 is 1.12 bits per heavy atom. The highest BCUT2D eigenvalue weighted by Gasteiger charge is 2.42. The molecule has 2 aromatic carbocycles. The van der Waals surface area contributed by atoms with E-state index < -0.39 is 0 Å². The molecule has 172 valence electrons. The highest BCUT2D eigenvalue weighted by atomic mass is 127. The zero-order chi connectivity index (χ0) is 22.2. The van der Waals surface area contributed by atoms with Gasteiger partial charge in [-0.25, -0.2) is 4.59 Å². The average Bonchev–Trinajstić information content (AvgIpc) is 3.06. The van der Waals surface area contributed by atoms with Crippen LogP contribution >= 0.6 is 39.1 Å². The van der Waals surface area contributed by atoms with Crippen molar-refractivity contribution in [1.82, 2.24) is 5.43 Å². The number of benzene rings is 2. The van der Waals surface area contributed by atoms with Crippen molar-refractivity contribution in [3.8, 4) is 0 Å². The molecule has 1 saturated heterocycles. The van der Waals surface area contributed by atoms with E-state index >= 15 is 0 Å². The number of nitrogens with one attached hydrogen (secondary N) is 1. The Morgan fingerprint density at radius 3 is 2.41 bits per heavy atom. The van der Waals surface area contributed by atoms with E-state index in [4.69, 9.17) is 28.3 Å². The van der Waals surface area contributed by atoms with Crippen LogP contribution in [-0.4, -0.2) is 36.3 Å². The lowest BCUT2D eigenvalue weighted by atomic mass is 9.91. The van der Waals surface area contributed by atoms with E-state index in [2.05, 4.69) is 40.5 Å². The first-order valence-electron chi connectivity index (χ1n) is 10.5. The van der Waals surface area contributed by atoms with Crippen molar-refractivity contribution in [3.63, 3.8) is 0 Å². The molecule has 4 rings (SSSR count). The maximum atomic E-state index is 13.3. The Morgan fingerprint density at radius 2 is 1.78 bits per heavy atom. The molecule has 0 saturated carbocycles. The fourth-order valence-electron chi connectivity index (χ4n) is 4.47. The van der Waals surface area contributed by atoms with Gasteiger partial charge in [-0.05, 0) is 55.2 Å². The fourth-order valence-corrected chi connectivity index (χ4v) is 5.23. The Hall–Kier alpha value is -0.870. The van der Waals surface area contributed by atoms with Crippen molar-refractivity contribution in [2.24, 2.45) is 11.0 Å². The van der Waals surface area contributed by atoms with Gasteiger partial charge in [0, 0.05) is 15.4 Å². The number of carbonyl (C=O) groups excluding carboxylic acids is 1. The number of halogens is 4. The molecule has 9 heteroatoms. The number of piperidine rings is 1. The quantitative estimate of drug-likeness (QED) is 0.409. The minimum atomic E-state index is -0.154. The Bertz CT molecular complexity index is 1010. The third-order valence-corrected chi connectivity index (χ3v) is 7.23. The summed E-state index contributed by atoms with van der Waals surface area (Å²) in [6.07, 6.45) is 3.45. The molecular formula is C23H26BrCl2IN4O. The van der Waals surface area contributed by atoms with Crippen molar-refractivity contribution in [2.75, 3.05) is 25.1 Å². The molecule has 0 aromatic heterocycles. The molecule has 0 aliphatic carbocycles. The predicted octanol–water partition coefficient (Wildman–Crippen LogP) is 2.98. The lowest BCUT2D eigenvalue weighted by Gasteiger charge is -2.36. The van der Waals surface area contributed by atoms with Gasteiger partial charge in [0.25, 0.3) is 0 Å². The third-order valence-electron chi connectivity index (χ3n) is 6.16. The van der Waals surface area contributed by atoms with Crippen LogP contribution in [0.4, 0.5) is 5.69 Å². The number of anilines is 1. The molecule has 0 spiro atoms. The van der Waals surface area contributed by atoms with Crippen LogP contribution in [-0.2, 0) is 4.79 Å². The zero-order valence-corrected chi connectivity index (χ0v) is 23.2. The normalized spacial score (nSPS) is 22.2. The summed E-state index contributed by atoms with van der Waals surface area (Å²) in [5, 5.41) is 7.72. The van der Waals surface area contributed by atoms with Crippen molar-refractivity contribution >= 4 is 56.4 Å². The number of hydrogen-bond acceptors (Lipinski definition) is 3. The van der Waals surface area contributed by atoms with Crippen LogP contribution in [0.1, 0.15) is 37.8 Å². The third kappa shape index (κ3) is 5.43. The summed E-state index contributed by atoms with van der Waals surface area (Å²) in [4.78, 5) is 13.3.